The summed E-state index contributed by atoms with van der Waals surface area (Å²) in [7, 11) is 0. The predicted octanol–water partition coefficient (Wildman–Crippen LogP) is 2.79. The van der Waals surface area contributed by atoms with Crippen molar-refractivity contribution in [1.82, 2.24) is 0 Å². The second-order valence-electron chi connectivity index (χ2n) is 5.98. The van der Waals surface area contributed by atoms with Crippen molar-refractivity contribution in [3.8, 4) is 0 Å². The second-order valence-corrected chi connectivity index (χ2v) is 5.98. The summed E-state index contributed by atoms with van der Waals surface area (Å²) >= 11 is 0. The minimum Gasteiger partial charge on any atom is -0.300 e. The highest BCUT2D eigenvalue weighted by molar-refractivity contribution is 5.87. The van der Waals surface area contributed by atoms with Crippen molar-refractivity contribution in [2.24, 2.45) is 22.7 Å². The standard InChI is InChI=1S/C12H18O/c1-11(2)8-3-4-9(5-8)12(11)6-10(13)7-12/h8-9H,3-7H2,1-2H3/t8-,9+/m0/s1. The van der Waals surface area contributed by atoms with Crippen LogP contribution in [-0.2, 0) is 4.79 Å². The molecule has 0 amide bonds. The molecule has 0 radical (unpaired) electrons. The molecule has 2 atom stereocenters. The van der Waals surface area contributed by atoms with Crippen LogP contribution in [0.25, 0.3) is 0 Å². The molecule has 0 aromatic carbocycles. The van der Waals surface area contributed by atoms with Gasteiger partial charge in [0.25, 0.3) is 0 Å². The van der Waals surface area contributed by atoms with Gasteiger partial charge in [-0.15, -0.1) is 0 Å². The average molecular weight is 178 g/mol. The molecule has 0 N–H and O–H groups in total. The molecule has 3 saturated carbocycles. The number of fused-ring (bicyclic) bond motifs is 3. The van der Waals surface area contributed by atoms with E-state index in [1.807, 2.05) is 0 Å². The first kappa shape index (κ1) is 8.02. The Kier molecular flexibility index (Phi) is 1.24. The maximum atomic E-state index is 11.2. The van der Waals surface area contributed by atoms with E-state index in [-0.39, 0.29) is 0 Å². The Balaban J connectivity index is 2.00. The lowest BCUT2D eigenvalue weighted by molar-refractivity contribution is -0.147. The zero-order chi connectivity index (χ0) is 9.27. The van der Waals surface area contributed by atoms with Crippen molar-refractivity contribution in [2.75, 3.05) is 0 Å². The molecule has 0 saturated heterocycles. The summed E-state index contributed by atoms with van der Waals surface area (Å²) in [4.78, 5) is 11.2. The molecular weight excluding hydrogens is 160 g/mol. The van der Waals surface area contributed by atoms with Crippen molar-refractivity contribution in [1.29, 1.82) is 0 Å². The molecule has 1 spiro atoms. The lowest BCUT2D eigenvalue weighted by Crippen LogP contribution is -2.52. The summed E-state index contributed by atoms with van der Waals surface area (Å²) in [6, 6.07) is 0. The van der Waals surface area contributed by atoms with Gasteiger partial charge >= 0.3 is 0 Å². The third kappa shape index (κ3) is 0.693. The van der Waals surface area contributed by atoms with Crippen LogP contribution in [0.2, 0.25) is 0 Å². The lowest BCUT2D eigenvalue weighted by Gasteiger charge is -2.55. The number of carbonyl (C=O) groups is 1. The molecule has 0 aromatic heterocycles. The van der Waals surface area contributed by atoms with E-state index < -0.39 is 0 Å². The number of hydrogen-bond acceptors (Lipinski definition) is 1. The minimum atomic E-state index is 0.451. The Morgan fingerprint density at radius 1 is 1.15 bits per heavy atom. The molecule has 0 unspecified atom stereocenters. The Bertz CT molecular complexity index is 269. The number of Topliss-reactive ketones (excluding diaryl/α,β-unsaturated/α-hetero) is 1. The van der Waals surface area contributed by atoms with E-state index >= 15 is 0 Å². The van der Waals surface area contributed by atoms with Crippen LogP contribution >= 0.6 is 0 Å². The van der Waals surface area contributed by atoms with E-state index in [9.17, 15) is 4.79 Å². The van der Waals surface area contributed by atoms with E-state index in [0.29, 0.717) is 16.6 Å². The maximum Gasteiger partial charge on any atom is 0.134 e. The fourth-order valence-electron chi connectivity index (χ4n) is 4.47. The van der Waals surface area contributed by atoms with Gasteiger partial charge in [-0.05, 0) is 41.9 Å². The van der Waals surface area contributed by atoms with Crippen LogP contribution in [0, 0.1) is 22.7 Å². The van der Waals surface area contributed by atoms with Crippen LogP contribution < -0.4 is 0 Å². The van der Waals surface area contributed by atoms with Gasteiger partial charge in [0.2, 0.25) is 0 Å². The Morgan fingerprint density at radius 3 is 2.23 bits per heavy atom. The molecule has 3 rings (SSSR count). The van der Waals surface area contributed by atoms with Crippen LogP contribution in [0.3, 0.4) is 0 Å². The summed E-state index contributed by atoms with van der Waals surface area (Å²) in [6.45, 7) is 4.81. The Hall–Kier alpha value is -0.330. The fraction of sp³-hybridized carbons (Fsp3) is 0.917. The van der Waals surface area contributed by atoms with Crippen LogP contribution in [0.1, 0.15) is 46.0 Å². The van der Waals surface area contributed by atoms with Crippen molar-refractivity contribution >= 4 is 5.78 Å². The highest BCUT2D eigenvalue weighted by Gasteiger charge is 2.66. The van der Waals surface area contributed by atoms with Gasteiger partial charge in [0.15, 0.2) is 0 Å². The molecule has 0 heterocycles. The highest BCUT2D eigenvalue weighted by atomic mass is 16.1. The van der Waals surface area contributed by atoms with Crippen LogP contribution in [0.15, 0.2) is 0 Å². The third-order valence-corrected chi connectivity index (χ3v) is 5.54. The molecule has 3 fully saturated rings. The summed E-state index contributed by atoms with van der Waals surface area (Å²) in [5.41, 5.74) is 0.914. The first-order valence-corrected chi connectivity index (χ1v) is 5.58. The predicted molar refractivity (Wildman–Crippen MR) is 51.3 cm³/mol. The van der Waals surface area contributed by atoms with E-state index in [1.54, 1.807) is 0 Å². The smallest absolute Gasteiger partial charge is 0.134 e. The average Bonchev–Trinajstić information content (AvgIpc) is 2.50. The van der Waals surface area contributed by atoms with E-state index in [0.717, 1.165) is 24.7 Å². The number of rotatable bonds is 0. The largest absolute Gasteiger partial charge is 0.300 e. The van der Waals surface area contributed by atoms with E-state index in [4.69, 9.17) is 0 Å². The molecule has 3 aliphatic rings. The van der Waals surface area contributed by atoms with Gasteiger partial charge in [0, 0.05) is 12.8 Å². The molecule has 1 nitrogen and oxygen atoms in total. The van der Waals surface area contributed by atoms with E-state index in [1.165, 1.54) is 19.3 Å². The first-order chi connectivity index (χ1) is 6.06. The number of ketones is 1. The molecule has 1 heteroatoms. The van der Waals surface area contributed by atoms with Gasteiger partial charge in [0.1, 0.15) is 5.78 Å². The zero-order valence-electron chi connectivity index (χ0n) is 8.60. The molecule has 3 aliphatic carbocycles. The summed E-state index contributed by atoms with van der Waals surface area (Å²) in [6.07, 6.45) is 6.05. The first-order valence-electron chi connectivity index (χ1n) is 5.58. The van der Waals surface area contributed by atoms with Gasteiger partial charge < -0.3 is 0 Å². The fourth-order valence-corrected chi connectivity index (χ4v) is 4.47. The zero-order valence-corrected chi connectivity index (χ0v) is 8.60. The molecule has 0 aromatic rings. The van der Waals surface area contributed by atoms with Gasteiger partial charge in [-0.25, -0.2) is 0 Å². The van der Waals surface area contributed by atoms with Crippen LogP contribution in [0.4, 0.5) is 0 Å². The second kappa shape index (κ2) is 2.02. The summed E-state index contributed by atoms with van der Waals surface area (Å²) in [5, 5.41) is 0. The van der Waals surface area contributed by atoms with Gasteiger partial charge in [0.05, 0.1) is 0 Å². The Labute approximate surface area is 79.9 Å². The van der Waals surface area contributed by atoms with Crippen molar-refractivity contribution in [2.45, 2.75) is 46.0 Å². The van der Waals surface area contributed by atoms with Crippen LogP contribution in [0.5, 0.6) is 0 Å². The van der Waals surface area contributed by atoms with Crippen molar-refractivity contribution < 1.29 is 4.79 Å². The number of hydrogen-bond donors (Lipinski definition) is 0. The molecular formula is C12H18O. The van der Waals surface area contributed by atoms with Gasteiger partial charge in [-0.2, -0.15) is 0 Å². The summed E-state index contributed by atoms with van der Waals surface area (Å²) < 4.78 is 0. The van der Waals surface area contributed by atoms with Crippen LogP contribution in [-0.4, -0.2) is 5.78 Å². The maximum absolute atomic E-state index is 11.2. The summed E-state index contributed by atoms with van der Waals surface area (Å²) in [5.74, 6) is 2.33. The SMILES string of the molecule is CC1(C)[C@H]2CC[C@H](C2)C12CC(=O)C2. The molecule has 13 heavy (non-hydrogen) atoms. The van der Waals surface area contributed by atoms with E-state index in [2.05, 4.69) is 13.8 Å². The quantitative estimate of drug-likeness (QED) is 0.557. The van der Waals surface area contributed by atoms with Gasteiger partial charge in [-0.3, -0.25) is 4.79 Å². The lowest BCUT2D eigenvalue weighted by atomic mass is 9.48. The highest BCUT2D eigenvalue weighted by Crippen LogP contribution is 2.72. The normalized spacial score (nSPS) is 44.0. The van der Waals surface area contributed by atoms with Crippen molar-refractivity contribution in [3.63, 3.8) is 0 Å². The topological polar surface area (TPSA) is 17.1 Å². The Morgan fingerprint density at radius 2 is 1.77 bits per heavy atom. The minimum absolute atomic E-state index is 0.451. The molecule has 72 valence electrons. The molecule has 2 bridgehead atoms. The monoisotopic (exact) mass is 178 g/mol. The molecule has 0 aliphatic heterocycles. The van der Waals surface area contributed by atoms with Crippen molar-refractivity contribution in [3.05, 3.63) is 0 Å². The van der Waals surface area contributed by atoms with Gasteiger partial charge in [-0.1, -0.05) is 13.8 Å². The third-order valence-electron chi connectivity index (χ3n) is 5.54. The number of carbonyl (C=O) groups excluding carboxylic acids is 1.